The van der Waals surface area contributed by atoms with Crippen molar-refractivity contribution in [3.63, 3.8) is 0 Å². The van der Waals surface area contributed by atoms with Crippen molar-refractivity contribution in [2.45, 2.75) is 32.7 Å². The van der Waals surface area contributed by atoms with Gasteiger partial charge in [0.05, 0.1) is 0 Å². The van der Waals surface area contributed by atoms with E-state index in [4.69, 9.17) is 22.1 Å². The Balaban J connectivity index is 0.00000242. The number of benzene rings is 1. The van der Waals surface area contributed by atoms with E-state index in [1.54, 1.807) is 12.1 Å². The van der Waals surface area contributed by atoms with Crippen LogP contribution in [-0.2, 0) is 4.79 Å². The van der Waals surface area contributed by atoms with Crippen LogP contribution in [-0.4, -0.2) is 36.5 Å². The van der Waals surface area contributed by atoms with Crippen LogP contribution in [0.25, 0.3) is 0 Å². The third kappa shape index (κ3) is 5.04. The molecule has 2 atom stereocenters. The van der Waals surface area contributed by atoms with E-state index in [0.717, 1.165) is 31.5 Å². The van der Waals surface area contributed by atoms with Crippen LogP contribution in [0.3, 0.4) is 0 Å². The predicted molar refractivity (Wildman–Crippen MR) is 91.9 cm³/mol. The molecular formula is C16H24Cl2N2O2. The highest BCUT2D eigenvalue weighted by Gasteiger charge is 2.25. The number of hydrogen-bond donors (Lipinski definition) is 1. The van der Waals surface area contributed by atoms with Crippen LogP contribution in [0, 0.1) is 12.8 Å². The molecule has 1 heterocycles. The number of hydrogen-bond acceptors (Lipinski definition) is 3. The fourth-order valence-electron chi connectivity index (χ4n) is 2.67. The molecule has 4 nitrogen and oxygen atoms in total. The molecule has 6 heteroatoms. The summed E-state index contributed by atoms with van der Waals surface area (Å²) in [5.41, 5.74) is 6.88. The number of aryl methyl sites for hydroxylation is 1. The molecule has 1 aromatic rings. The summed E-state index contributed by atoms with van der Waals surface area (Å²) >= 11 is 5.90. The standard InChI is InChI=1S/C16H23ClN2O2.ClH/c1-11-8-14(17)5-6-15(11)21-10-16(20)19-7-3-4-13(9-19)12(2)18;/h5-6,8,12-13H,3-4,7,9-10,18H2,1-2H3;1H. The van der Waals surface area contributed by atoms with Gasteiger partial charge in [-0.3, -0.25) is 4.79 Å². The number of likely N-dealkylation sites (tertiary alicyclic amines) is 1. The molecule has 2 N–H and O–H groups in total. The van der Waals surface area contributed by atoms with E-state index in [2.05, 4.69) is 0 Å². The summed E-state index contributed by atoms with van der Waals surface area (Å²) in [7, 11) is 0. The van der Waals surface area contributed by atoms with Crippen molar-refractivity contribution >= 4 is 29.9 Å². The van der Waals surface area contributed by atoms with Gasteiger partial charge in [0.1, 0.15) is 5.75 Å². The van der Waals surface area contributed by atoms with Gasteiger partial charge in [0.2, 0.25) is 0 Å². The van der Waals surface area contributed by atoms with Gasteiger partial charge in [-0.25, -0.2) is 0 Å². The molecule has 0 spiro atoms. The van der Waals surface area contributed by atoms with Crippen molar-refractivity contribution in [2.75, 3.05) is 19.7 Å². The van der Waals surface area contributed by atoms with Gasteiger partial charge in [-0.05, 0) is 56.4 Å². The molecule has 0 bridgehead atoms. The lowest BCUT2D eigenvalue weighted by molar-refractivity contribution is -0.135. The maximum absolute atomic E-state index is 12.3. The zero-order chi connectivity index (χ0) is 15.4. The smallest absolute Gasteiger partial charge is 0.260 e. The Bertz CT molecular complexity index is 509. The summed E-state index contributed by atoms with van der Waals surface area (Å²) in [6, 6.07) is 5.52. The van der Waals surface area contributed by atoms with E-state index < -0.39 is 0 Å². The second-order valence-electron chi connectivity index (χ2n) is 5.80. The van der Waals surface area contributed by atoms with Gasteiger partial charge in [0.15, 0.2) is 6.61 Å². The van der Waals surface area contributed by atoms with E-state index in [1.807, 2.05) is 24.8 Å². The summed E-state index contributed by atoms with van der Waals surface area (Å²) in [6.07, 6.45) is 2.11. The third-order valence-corrected chi connectivity index (χ3v) is 4.28. The Hall–Kier alpha value is -0.970. The van der Waals surface area contributed by atoms with E-state index in [9.17, 15) is 4.79 Å². The minimum absolute atomic E-state index is 0. The monoisotopic (exact) mass is 346 g/mol. The third-order valence-electron chi connectivity index (χ3n) is 4.04. The number of nitrogens with zero attached hydrogens (tertiary/aromatic N) is 1. The first kappa shape index (κ1) is 19.1. The Morgan fingerprint density at radius 2 is 2.27 bits per heavy atom. The van der Waals surface area contributed by atoms with Gasteiger partial charge in [0, 0.05) is 24.2 Å². The molecular weight excluding hydrogens is 323 g/mol. The predicted octanol–water partition coefficient (Wildman–Crippen LogP) is 3.03. The molecule has 1 saturated heterocycles. The Labute approximate surface area is 143 Å². The lowest BCUT2D eigenvalue weighted by Crippen LogP contribution is -2.46. The lowest BCUT2D eigenvalue weighted by Gasteiger charge is -2.34. The SMILES string of the molecule is Cc1cc(Cl)ccc1OCC(=O)N1CCCC(C(C)N)C1.Cl. The molecule has 22 heavy (non-hydrogen) atoms. The first-order chi connectivity index (χ1) is 9.97. The normalized spacial score (nSPS) is 19.3. The fraction of sp³-hybridized carbons (Fsp3) is 0.562. The maximum Gasteiger partial charge on any atom is 0.260 e. The molecule has 0 saturated carbocycles. The number of nitrogens with two attached hydrogens (primary N) is 1. The number of carbonyl (C=O) groups is 1. The number of amides is 1. The van der Waals surface area contributed by atoms with Crippen LogP contribution >= 0.6 is 24.0 Å². The highest BCUT2D eigenvalue weighted by atomic mass is 35.5. The molecule has 2 unspecified atom stereocenters. The molecule has 1 fully saturated rings. The van der Waals surface area contributed by atoms with Gasteiger partial charge in [-0.15, -0.1) is 12.4 Å². The molecule has 1 amide bonds. The van der Waals surface area contributed by atoms with Gasteiger partial charge >= 0.3 is 0 Å². The van der Waals surface area contributed by atoms with Crippen LogP contribution in [0.15, 0.2) is 18.2 Å². The van der Waals surface area contributed by atoms with Crippen LogP contribution in [0.1, 0.15) is 25.3 Å². The van der Waals surface area contributed by atoms with Crippen molar-refractivity contribution in [1.82, 2.24) is 4.90 Å². The second-order valence-corrected chi connectivity index (χ2v) is 6.24. The zero-order valence-electron chi connectivity index (χ0n) is 13.0. The van der Waals surface area contributed by atoms with Gasteiger partial charge in [-0.2, -0.15) is 0 Å². The summed E-state index contributed by atoms with van der Waals surface area (Å²) in [5.74, 6) is 1.11. The summed E-state index contributed by atoms with van der Waals surface area (Å²) < 4.78 is 5.62. The van der Waals surface area contributed by atoms with Gasteiger partial charge in [0.25, 0.3) is 5.91 Å². The maximum atomic E-state index is 12.3. The highest BCUT2D eigenvalue weighted by Crippen LogP contribution is 2.22. The van der Waals surface area contributed by atoms with Crippen LogP contribution < -0.4 is 10.5 Å². The Kier molecular flexibility index (Phi) is 7.46. The molecule has 0 aliphatic carbocycles. The van der Waals surface area contributed by atoms with Crippen LogP contribution in [0.5, 0.6) is 5.75 Å². The molecule has 0 aromatic heterocycles. The summed E-state index contributed by atoms with van der Waals surface area (Å²) in [6.45, 7) is 5.52. The molecule has 1 aliphatic rings. The number of halogens is 2. The van der Waals surface area contributed by atoms with Crippen LogP contribution in [0.4, 0.5) is 0 Å². The van der Waals surface area contributed by atoms with E-state index in [-0.39, 0.29) is 31.0 Å². The van der Waals surface area contributed by atoms with E-state index >= 15 is 0 Å². The summed E-state index contributed by atoms with van der Waals surface area (Å²) in [5, 5.41) is 0.669. The Morgan fingerprint density at radius 3 is 2.91 bits per heavy atom. The average molecular weight is 347 g/mol. The van der Waals surface area contributed by atoms with E-state index in [0.29, 0.717) is 16.7 Å². The van der Waals surface area contributed by atoms with Crippen molar-refractivity contribution in [1.29, 1.82) is 0 Å². The lowest BCUT2D eigenvalue weighted by atomic mass is 9.92. The minimum Gasteiger partial charge on any atom is -0.483 e. The van der Waals surface area contributed by atoms with Crippen molar-refractivity contribution in [3.8, 4) is 5.75 Å². The number of carbonyl (C=O) groups excluding carboxylic acids is 1. The first-order valence-electron chi connectivity index (χ1n) is 7.39. The summed E-state index contributed by atoms with van der Waals surface area (Å²) in [4.78, 5) is 14.1. The fourth-order valence-corrected chi connectivity index (χ4v) is 2.90. The van der Waals surface area contributed by atoms with Crippen molar-refractivity contribution in [2.24, 2.45) is 11.7 Å². The van der Waals surface area contributed by atoms with Crippen molar-refractivity contribution < 1.29 is 9.53 Å². The largest absolute Gasteiger partial charge is 0.483 e. The quantitative estimate of drug-likeness (QED) is 0.911. The molecule has 0 radical (unpaired) electrons. The van der Waals surface area contributed by atoms with Gasteiger partial charge < -0.3 is 15.4 Å². The van der Waals surface area contributed by atoms with Crippen LogP contribution in [0.2, 0.25) is 5.02 Å². The number of piperidine rings is 1. The first-order valence-corrected chi connectivity index (χ1v) is 7.77. The average Bonchev–Trinajstić information content (AvgIpc) is 2.46. The van der Waals surface area contributed by atoms with Crippen molar-refractivity contribution in [3.05, 3.63) is 28.8 Å². The number of rotatable bonds is 4. The Morgan fingerprint density at radius 1 is 1.55 bits per heavy atom. The molecule has 1 aromatic carbocycles. The van der Waals surface area contributed by atoms with E-state index in [1.165, 1.54) is 0 Å². The van der Waals surface area contributed by atoms with Gasteiger partial charge in [-0.1, -0.05) is 11.6 Å². The zero-order valence-corrected chi connectivity index (χ0v) is 14.6. The second kappa shape index (κ2) is 8.61. The molecule has 2 rings (SSSR count). The highest BCUT2D eigenvalue weighted by molar-refractivity contribution is 6.30. The minimum atomic E-state index is 0. The molecule has 124 valence electrons. The topological polar surface area (TPSA) is 55.6 Å². The number of ether oxygens (including phenoxy) is 1. The molecule has 1 aliphatic heterocycles.